The molecule has 0 unspecified atom stereocenters. The summed E-state index contributed by atoms with van der Waals surface area (Å²) >= 11 is 0. The van der Waals surface area contributed by atoms with Gasteiger partial charge in [-0.15, -0.1) is 0 Å². The summed E-state index contributed by atoms with van der Waals surface area (Å²) in [6.07, 6.45) is 2.42. The largest absolute Gasteiger partial charge is 0.378 e. The number of benzene rings is 1. The number of nitrogens with one attached hydrogen (secondary N) is 1. The summed E-state index contributed by atoms with van der Waals surface area (Å²) in [7, 11) is 0. The molecule has 1 aliphatic carbocycles. The van der Waals surface area contributed by atoms with Crippen molar-refractivity contribution in [2.75, 3.05) is 44.8 Å². The van der Waals surface area contributed by atoms with Crippen LogP contribution in [0.2, 0.25) is 0 Å². The minimum absolute atomic E-state index is 0.000978. The summed E-state index contributed by atoms with van der Waals surface area (Å²) in [6.45, 7) is 3.15. The fourth-order valence-corrected chi connectivity index (χ4v) is 2.45. The van der Waals surface area contributed by atoms with Crippen LogP contribution in [0.25, 0.3) is 0 Å². The van der Waals surface area contributed by atoms with E-state index in [2.05, 4.69) is 5.32 Å². The van der Waals surface area contributed by atoms with Crippen molar-refractivity contribution >= 4 is 17.5 Å². The van der Waals surface area contributed by atoms with Gasteiger partial charge in [-0.1, -0.05) is 0 Å². The third-order valence-corrected chi connectivity index (χ3v) is 4.00. The fourth-order valence-electron chi connectivity index (χ4n) is 2.45. The summed E-state index contributed by atoms with van der Waals surface area (Å²) in [4.78, 5) is 25.8. The minimum atomic E-state index is -0.169. The van der Waals surface area contributed by atoms with E-state index < -0.39 is 0 Å². The minimum Gasteiger partial charge on any atom is -0.378 e. The highest BCUT2D eigenvalue weighted by Crippen LogP contribution is 2.28. The molecule has 0 aromatic heterocycles. The Morgan fingerprint density at radius 1 is 1.17 bits per heavy atom. The Morgan fingerprint density at radius 3 is 2.52 bits per heavy atom. The van der Waals surface area contributed by atoms with Crippen molar-refractivity contribution in [3.8, 4) is 0 Å². The van der Waals surface area contributed by atoms with Crippen LogP contribution in [-0.2, 0) is 14.3 Å². The second-order valence-corrected chi connectivity index (χ2v) is 5.99. The van der Waals surface area contributed by atoms with Crippen LogP contribution >= 0.6 is 0 Å². The highest BCUT2D eigenvalue weighted by Gasteiger charge is 2.21. The van der Waals surface area contributed by atoms with Crippen molar-refractivity contribution in [1.82, 2.24) is 4.90 Å². The third-order valence-electron chi connectivity index (χ3n) is 4.00. The summed E-state index contributed by atoms with van der Waals surface area (Å²) < 4.78 is 10.6. The molecule has 1 aromatic rings. The summed E-state index contributed by atoms with van der Waals surface area (Å²) in [5.41, 5.74) is 1.29. The van der Waals surface area contributed by atoms with Crippen molar-refractivity contribution in [2.45, 2.75) is 12.8 Å². The predicted octanol–water partition coefficient (Wildman–Crippen LogP) is 1.52. The Kier molecular flexibility index (Phi) is 5.25. The van der Waals surface area contributed by atoms with E-state index >= 15 is 0 Å². The van der Waals surface area contributed by atoms with E-state index in [-0.39, 0.29) is 18.4 Å². The van der Waals surface area contributed by atoms with Crippen LogP contribution in [-0.4, -0.2) is 56.2 Å². The molecular formula is C17H22N2O4. The lowest BCUT2D eigenvalue weighted by atomic mass is 10.1. The highest BCUT2D eigenvalue weighted by molar-refractivity contribution is 5.96. The average Bonchev–Trinajstić information content (AvgIpc) is 3.40. The van der Waals surface area contributed by atoms with Gasteiger partial charge in [0.2, 0.25) is 5.91 Å². The third kappa shape index (κ3) is 4.77. The Balaban J connectivity index is 1.47. The number of morpholine rings is 1. The zero-order valence-corrected chi connectivity index (χ0v) is 13.1. The van der Waals surface area contributed by atoms with Gasteiger partial charge in [0.05, 0.1) is 19.8 Å². The number of carbonyl (C=O) groups excluding carboxylic acids is 2. The number of hydrogen-bond donors (Lipinski definition) is 1. The smallest absolute Gasteiger partial charge is 0.254 e. The monoisotopic (exact) mass is 318 g/mol. The van der Waals surface area contributed by atoms with Gasteiger partial charge < -0.3 is 19.7 Å². The molecule has 23 heavy (non-hydrogen) atoms. The lowest BCUT2D eigenvalue weighted by Crippen LogP contribution is -2.40. The van der Waals surface area contributed by atoms with E-state index in [9.17, 15) is 9.59 Å². The molecule has 2 fully saturated rings. The molecule has 2 amide bonds. The van der Waals surface area contributed by atoms with Crippen molar-refractivity contribution in [3.63, 3.8) is 0 Å². The number of anilines is 1. The first kappa shape index (κ1) is 16.0. The number of rotatable bonds is 6. The molecule has 1 N–H and O–H groups in total. The number of ether oxygens (including phenoxy) is 2. The first-order valence-electron chi connectivity index (χ1n) is 8.07. The van der Waals surface area contributed by atoms with Crippen LogP contribution in [0.4, 0.5) is 5.69 Å². The Bertz CT molecular complexity index is 548. The molecule has 1 heterocycles. The van der Waals surface area contributed by atoms with Gasteiger partial charge in [-0.25, -0.2) is 0 Å². The lowest BCUT2D eigenvalue weighted by Gasteiger charge is -2.26. The molecule has 1 aliphatic heterocycles. The van der Waals surface area contributed by atoms with Crippen LogP contribution in [0.5, 0.6) is 0 Å². The Hall–Kier alpha value is -1.92. The van der Waals surface area contributed by atoms with E-state index in [0.717, 1.165) is 0 Å². The van der Waals surface area contributed by atoms with E-state index in [0.29, 0.717) is 50.1 Å². The van der Waals surface area contributed by atoms with Gasteiger partial charge in [-0.3, -0.25) is 9.59 Å². The fraction of sp³-hybridized carbons (Fsp3) is 0.529. The molecule has 0 atom stereocenters. The zero-order chi connectivity index (χ0) is 16.1. The summed E-state index contributed by atoms with van der Waals surface area (Å²) in [6, 6.07) is 6.95. The van der Waals surface area contributed by atoms with E-state index in [1.54, 1.807) is 29.2 Å². The van der Waals surface area contributed by atoms with Crippen molar-refractivity contribution in [2.24, 2.45) is 5.92 Å². The number of amides is 2. The predicted molar refractivity (Wildman–Crippen MR) is 85.3 cm³/mol. The SMILES string of the molecule is O=C(COCC1CC1)Nc1ccc(C(=O)N2CCOCC2)cc1. The molecule has 6 heteroatoms. The Morgan fingerprint density at radius 2 is 1.87 bits per heavy atom. The molecule has 1 saturated heterocycles. The summed E-state index contributed by atoms with van der Waals surface area (Å²) in [5.74, 6) is 0.477. The van der Waals surface area contributed by atoms with Crippen LogP contribution in [0, 0.1) is 5.92 Å². The van der Waals surface area contributed by atoms with Crippen molar-refractivity contribution < 1.29 is 19.1 Å². The molecule has 0 bridgehead atoms. The molecule has 3 rings (SSSR count). The normalized spacial score (nSPS) is 17.8. The number of nitrogens with zero attached hydrogens (tertiary/aromatic N) is 1. The molecular weight excluding hydrogens is 296 g/mol. The molecule has 0 spiro atoms. The van der Waals surface area contributed by atoms with Gasteiger partial charge in [-0.05, 0) is 43.0 Å². The molecule has 1 aromatic carbocycles. The second-order valence-electron chi connectivity index (χ2n) is 5.99. The number of carbonyl (C=O) groups is 2. The highest BCUT2D eigenvalue weighted by atomic mass is 16.5. The average molecular weight is 318 g/mol. The van der Waals surface area contributed by atoms with Crippen LogP contribution < -0.4 is 5.32 Å². The van der Waals surface area contributed by atoms with E-state index in [1.165, 1.54) is 12.8 Å². The van der Waals surface area contributed by atoms with Crippen LogP contribution in [0.1, 0.15) is 23.2 Å². The topological polar surface area (TPSA) is 67.9 Å². The standard InChI is InChI=1S/C17H22N2O4/c20-16(12-23-11-13-1-2-13)18-15-5-3-14(4-6-15)17(21)19-7-9-22-10-8-19/h3-6,13H,1-2,7-12H2,(H,18,20). The van der Waals surface area contributed by atoms with Gasteiger partial charge in [0.15, 0.2) is 0 Å². The van der Waals surface area contributed by atoms with E-state index in [1.807, 2.05) is 0 Å². The first-order valence-corrected chi connectivity index (χ1v) is 8.07. The van der Waals surface area contributed by atoms with Gasteiger partial charge in [0, 0.05) is 24.3 Å². The van der Waals surface area contributed by atoms with Gasteiger partial charge in [0.1, 0.15) is 6.61 Å². The van der Waals surface area contributed by atoms with Crippen LogP contribution in [0.15, 0.2) is 24.3 Å². The summed E-state index contributed by atoms with van der Waals surface area (Å²) in [5, 5.41) is 2.77. The van der Waals surface area contributed by atoms with Gasteiger partial charge in [-0.2, -0.15) is 0 Å². The van der Waals surface area contributed by atoms with Crippen molar-refractivity contribution in [3.05, 3.63) is 29.8 Å². The Labute approximate surface area is 135 Å². The van der Waals surface area contributed by atoms with Crippen molar-refractivity contribution in [1.29, 1.82) is 0 Å². The first-order chi connectivity index (χ1) is 11.2. The second kappa shape index (κ2) is 7.57. The molecule has 1 saturated carbocycles. The van der Waals surface area contributed by atoms with Gasteiger partial charge >= 0.3 is 0 Å². The maximum Gasteiger partial charge on any atom is 0.254 e. The molecule has 2 aliphatic rings. The quantitative estimate of drug-likeness (QED) is 0.863. The maximum absolute atomic E-state index is 12.3. The van der Waals surface area contributed by atoms with Crippen LogP contribution in [0.3, 0.4) is 0 Å². The molecule has 0 radical (unpaired) electrons. The molecule has 124 valence electrons. The zero-order valence-electron chi connectivity index (χ0n) is 13.1. The van der Waals surface area contributed by atoms with E-state index in [4.69, 9.17) is 9.47 Å². The van der Waals surface area contributed by atoms with Gasteiger partial charge in [0.25, 0.3) is 5.91 Å². The molecule has 6 nitrogen and oxygen atoms in total. The lowest BCUT2D eigenvalue weighted by molar-refractivity contribution is -0.120. The number of hydrogen-bond acceptors (Lipinski definition) is 4. The maximum atomic E-state index is 12.3.